The van der Waals surface area contributed by atoms with Gasteiger partial charge in [-0.3, -0.25) is 14.5 Å². The van der Waals surface area contributed by atoms with Crippen LogP contribution in [-0.4, -0.2) is 78.9 Å². The number of anilines is 1. The van der Waals surface area contributed by atoms with Gasteiger partial charge in [0.05, 0.1) is 0 Å². The normalized spacial score (nSPS) is 19.1. The fraction of sp³-hybridized carbons (Fsp3) is 0.436. The molecule has 3 aliphatic rings. The zero-order chi connectivity index (χ0) is 31.1. The Bertz CT molecular complexity index is 1450. The first-order valence-electron chi connectivity index (χ1n) is 16.9. The number of carbonyl (C=O) groups excluding carboxylic acids is 2. The Morgan fingerprint density at radius 1 is 0.800 bits per heavy atom. The van der Waals surface area contributed by atoms with E-state index >= 15 is 0 Å². The first-order chi connectivity index (χ1) is 22.0. The van der Waals surface area contributed by atoms with Crippen LogP contribution in [0.2, 0.25) is 0 Å². The third kappa shape index (κ3) is 7.57. The Hall–Kier alpha value is -3.74. The van der Waals surface area contributed by atoms with E-state index in [1.807, 2.05) is 53.2 Å². The van der Waals surface area contributed by atoms with Crippen LogP contribution in [0.1, 0.15) is 61.6 Å². The second-order valence-electron chi connectivity index (χ2n) is 13.2. The molecule has 3 aromatic carbocycles. The quantitative estimate of drug-likeness (QED) is 0.241. The zero-order valence-electron chi connectivity index (χ0n) is 26.8. The van der Waals surface area contributed by atoms with Crippen LogP contribution < -0.4 is 4.90 Å². The number of hydrogen-bond donors (Lipinski definition) is 0. The third-order valence-corrected chi connectivity index (χ3v) is 10.3. The van der Waals surface area contributed by atoms with Crippen molar-refractivity contribution >= 4 is 23.6 Å². The van der Waals surface area contributed by atoms with Gasteiger partial charge in [0.2, 0.25) is 11.8 Å². The summed E-state index contributed by atoms with van der Waals surface area (Å²) in [6, 6.07) is 29.6. The first kappa shape index (κ1) is 31.3. The standard InChI is InChI=1S/C39H48N4O2/c1-40(35-21-27-42(31-35)30-32-12-4-2-5-13-32)37(44)18-10-19-38(45)43(34-15-6-3-7-16-34)26-11-25-41-28-23-39(24-29-41)22-20-33-14-8-9-17-36(33)39/h2-9,12-17,20,22,35H,10-11,18-19,21,23-31H2,1H3. The average molecular weight is 605 g/mol. The molecule has 6 heteroatoms. The molecule has 0 aromatic heterocycles. The fourth-order valence-electron chi connectivity index (χ4n) is 7.52. The number of piperidine rings is 1. The lowest BCUT2D eigenvalue weighted by molar-refractivity contribution is -0.132. The van der Waals surface area contributed by atoms with E-state index in [1.54, 1.807) is 0 Å². The molecule has 0 N–H and O–H groups in total. The van der Waals surface area contributed by atoms with Gasteiger partial charge in [0.25, 0.3) is 0 Å². The lowest BCUT2D eigenvalue weighted by atomic mass is 9.74. The van der Waals surface area contributed by atoms with Crippen LogP contribution in [0.5, 0.6) is 0 Å². The lowest BCUT2D eigenvalue weighted by Crippen LogP contribution is -2.42. The molecule has 0 bridgehead atoms. The minimum Gasteiger partial charge on any atom is -0.341 e. The van der Waals surface area contributed by atoms with Crippen LogP contribution in [0, 0.1) is 0 Å². The number of benzene rings is 3. The van der Waals surface area contributed by atoms with Gasteiger partial charge in [-0.15, -0.1) is 0 Å². The van der Waals surface area contributed by atoms with E-state index < -0.39 is 0 Å². The highest BCUT2D eigenvalue weighted by Crippen LogP contribution is 2.43. The van der Waals surface area contributed by atoms with E-state index in [0.29, 0.717) is 25.8 Å². The molecule has 45 heavy (non-hydrogen) atoms. The number of fused-ring (bicyclic) bond motifs is 2. The summed E-state index contributed by atoms with van der Waals surface area (Å²) >= 11 is 0. The molecule has 2 fully saturated rings. The summed E-state index contributed by atoms with van der Waals surface area (Å²) in [5, 5.41) is 0. The number of nitrogens with zero attached hydrogens (tertiary/aromatic N) is 4. The monoisotopic (exact) mass is 604 g/mol. The minimum absolute atomic E-state index is 0.108. The van der Waals surface area contributed by atoms with Crippen LogP contribution in [0.3, 0.4) is 0 Å². The number of likely N-dealkylation sites (N-methyl/N-ethyl adjacent to an activating group) is 1. The number of rotatable bonds is 12. The van der Waals surface area contributed by atoms with Crippen molar-refractivity contribution in [2.75, 3.05) is 51.2 Å². The predicted octanol–water partition coefficient (Wildman–Crippen LogP) is 6.37. The summed E-state index contributed by atoms with van der Waals surface area (Å²) < 4.78 is 0. The number of likely N-dealkylation sites (tertiary alicyclic amines) is 2. The Balaban J connectivity index is 0.947. The van der Waals surface area contributed by atoms with E-state index in [9.17, 15) is 9.59 Å². The second kappa shape index (κ2) is 14.6. The average Bonchev–Trinajstić information content (AvgIpc) is 3.69. The highest BCUT2D eigenvalue weighted by Gasteiger charge is 2.37. The number of para-hydroxylation sites is 1. The van der Waals surface area contributed by atoms with Crippen molar-refractivity contribution in [3.8, 4) is 0 Å². The van der Waals surface area contributed by atoms with Gasteiger partial charge in [-0.1, -0.05) is 84.9 Å². The molecule has 1 aliphatic carbocycles. The van der Waals surface area contributed by atoms with Gasteiger partial charge in [-0.2, -0.15) is 0 Å². The molecule has 1 unspecified atom stereocenters. The molecule has 3 aromatic rings. The van der Waals surface area contributed by atoms with Crippen molar-refractivity contribution in [3.63, 3.8) is 0 Å². The fourth-order valence-corrected chi connectivity index (χ4v) is 7.52. The first-order valence-corrected chi connectivity index (χ1v) is 16.9. The smallest absolute Gasteiger partial charge is 0.226 e. The maximum Gasteiger partial charge on any atom is 0.226 e. The Morgan fingerprint density at radius 3 is 2.27 bits per heavy atom. The number of amides is 2. The predicted molar refractivity (Wildman–Crippen MR) is 183 cm³/mol. The van der Waals surface area contributed by atoms with Crippen molar-refractivity contribution in [2.45, 2.75) is 62.9 Å². The third-order valence-electron chi connectivity index (χ3n) is 10.3. The van der Waals surface area contributed by atoms with Crippen LogP contribution in [-0.2, 0) is 21.5 Å². The van der Waals surface area contributed by atoms with Gasteiger partial charge in [-0.25, -0.2) is 0 Å². The lowest BCUT2D eigenvalue weighted by Gasteiger charge is -2.39. The van der Waals surface area contributed by atoms with Gasteiger partial charge in [0.15, 0.2) is 0 Å². The van der Waals surface area contributed by atoms with Crippen molar-refractivity contribution in [2.24, 2.45) is 0 Å². The summed E-state index contributed by atoms with van der Waals surface area (Å²) in [6.07, 6.45) is 10.3. The molecule has 6 nitrogen and oxygen atoms in total. The van der Waals surface area contributed by atoms with Gasteiger partial charge in [0, 0.05) is 63.2 Å². The maximum absolute atomic E-state index is 13.5. The molecule has 236 valence electrons. The molecule has 0 radical (unpaired) electrons. The SMILES string of the molecule is CN(C(=O)CCCC(=O)N(CCCN1CCC2(C=Cc3ccccc32)CC1)c1ccccc1)C1CCN(Cc2ccccc2)C1. The molecule has 2 amide bonds. The van der Waals surface area contributed by atoms with E-state index in [2.05, 4.69) is 70.5 Å². The van der Waals surface area contributed by atoms with E-state index in [-0.39, 0.29) is 23.3 Å². The molecule has 2 heterocycles. The van der Waals surface area contributed by atoms with Crippen LogP contribution in [0.25, 0.3) is 6.08 Å². The molecule has 1 atom stereocenters. The molecule has 1 spiro atoms. The van der Waals surface area contributed by atoms with Gasteiger partial charge in [-0.05, 0) is 80.6 Å². The minimum atomic E-state index is 0.108. The van der Waals surface area contributed by atoms with Crippen LogP contribution >= 0.6 is 0 Å². The Labute approximate surface area is 269 Å². The highest BCUT2D eigenvalue weighted by molar-refractivity contribution is 5.93. The summed E-state index contributed by atoms with van der Waals surface area (Å²) in [5.74, 6) is 0.250. The van der Waals surface area contributed by atoms with Crippen LogP contribution in [0.15, 0.2) is 91.0 Å². The molecule has 2 aliphatic heterocycles. The summed E-state index contributed by atoms with van der Waals surface area (Å²) in [5.41, 5.74) is 5.32. The molecule has 6 rings (SSSR count). The van der Waals surface area contributed by atoms with Crippen molar-refractivity contribution in [1.82, 2.24) is 14.7 Å². The van der Waals surface area contributed by atoms with Crippen molar-refractivity contribution in [3.05, 3.63) is 108 Å². The van der Waals surface area contributed by atoms with E-state index in [0.717, 1.165) is 70.6 Å². The Morgan fingerprint density at radius 2 is 1.49 bits per heavy atom. The van der Waals surface area contributed by atoms with E-state index in [4.69, 9.17) is 0 Å². The molecule has 0 saturated carbocycles. The summed E-state index contributed by atoms with van der Waals surface area (Å²) in [6.45, 7) is 6.68. The van der Waals surface area contributed by atoms with Gasteiger partial charge < -0.3 is 14.7 Å². The maximum atomic E-state index is 13.5. The largest absolute Gasteiger partial charge is 0.341 e. The molecular weight excluding hydrogens is 556 g/mol. The summed E-state index contributed by atoms with van der Waals surface area (Å²) in [4.78, 5) is 35.5. The number of carbonyl (C=O) groups is 2. The molecular formula is C39H48N4O2. The molecule has 2 saturated heterocycles. The van der Waals surface area contributed by atoms with Crippen LogP contribution in [0.4, 0.5) is 5.69 Å². The Kier molecular flexibility index (Phi) is 10.1. The van der Waals surface area contributed by atoms with Crippen molar-refractivity contribution in [1.29, 1.82) is 0 Å². The van der Waals surface area contributed by atoms with Gasteiger partial charge in [0.1, 0.15) is 0 Å². The van der Waals surface area contributed by atoms with Gasteiger partial charge >= 0.3 is 0 Å². The number of hydrogen-bond acceptors (Lipinski definition) is 4. The summed E-state index contributed by atoms with van der Waals surface area (Å²) in [7, 11) is 1.93. The number of allylic oxidation sites excluding steroid dienone is 1. The second-order valence-corrected chi connectivity index (χ2v) is 13.2. The van der Waals surface area contributed by atoms with E-state index in [1.165, 1.54) is 16.7 Å². The topological polar surface area (TPSA) is 47.1 Å². The van der Waals surface area contributed by atoms with Crippen molar-refractivity contribution < 1.29 is 9.59 Å². The highest BCUT2D eigenvalue weighted by atomic mass is 16.2. The zero-order valence-corrected chi connectivity index (χ0v) is 26.8.